The van der Waals surface area contributed by atoms with Gasteiger partial charge in [-0.3, -0.25) is 14.5 Å². The van der Waals surface area contributed by atoms with Crippen molar-refractivity contribution in [3.63, 3.8) is 0 Å². The molecular formula is C20H22FN3O2S. The first-order valence-electron chi connectivity index (χ1n) is 9.23. The molecule has 2 aliphatic rings. The number of nitrogens with zero attached hydrogens (tertiary/aromatic N) is 3. The lowest BCUT2D eigenvalue weighted by molar-refractivity contribution is -0.123. The van der Waals surface area contributed by atoms with E-state index in [0.717, 1.165) is 39.1 Å². The third-order valence-corrected chi connectivity index (χ3v) is 6.25. The Balaban J connectivity index is 1.34. The molecule has 27 heavy (non-hydrogen) atoms. The normalized spacial score (nSPS) is 22.0. The monoisotopic (exact) mass is 387 g/mol. The molecular weight excluding hydrogens is 365 g/mol. The Morgan fingerprint density at radius 1 is 1.04 bits per heavy atom. The van der Waals surface area contributed by atoms with E-state index in [1.54, 1.807) is 11.3 Å². The number of benzene rings is 1. The Bertz CT molecular complexity index is 801. The van der Waals surface area contributed by atoms with Gasteiger partial charge in [0.25, 0.3) is 5.91 Å². The lowest BCUT2D eigenvalue weighted by atomic mass is 10.1. The molecule has 0 unspecified atom stereocenters. The molecule has 1 atom stereocenters. The third-order valence-electron chi connectivity index (χ3n) is 5.31. The second kappa shape index (κ2) is 7.88. The number of amides is 2. The molecule has 7 heteroatoms. The van der Waals surface area contributed by atoms with Gasteiger partial charge in [0.2, 0.25) is 5.91 Å². The van der Waals surface area contributed by atoms with Gasteiger partial charge < -0.3 is 4.90 Å². The van der Waals surface area contributed by atoms with Crippen LogP contribution in [0.1, 0.15) is 11.3 Å². The van der Waals surface area contributed by atoms with Crippen LogP contribution in [0, 0.1) is 5.82 Å². The molecule has 5 nitrogen and oxygen atoms in total. The van der Waals surface area contributed by atoms with Crippen molar-refractivity contribution >= 4 is 28.8 Å². The highest BCUT2D eigenvalue weighted by atomic mass is 32.1. The van der Waals surface area contributed by atoms with Gasteiger partial charge >= 0.3 is 0 Å². The zero-order valence-corrected chi connectivity index (χ0v) is 15.8. The fourth-order valence-corrected chi connectivity index (χ4v) is 4.48. The lowest BCUT2D eigenvalue weighted by Gasteiger charge is -2.37. The van der Waals surface area contributed by atoms with Crippen LogP contribution in [0.15, 0.2) is 41.8 Å². The summed E-state index contributed by atoms with van der Waals surface area (Å²) in [5.74, 6) is -0.788. The van der Waals surface area contributed by atoms with Crippen LogP contribution in [0.4, 0.5) is 10.1 Å². The lowest BCUT2D eigenvalue weighted by Crippen LogP contribution is -2.52. The molecule has 0 aliphatic carbocycles. The minimum absolute atomic E-state index is 0.196. The number of imide groups is 1. The zero-order valence-electron chi connectivity index (χ0n) is 15.0. The second-order valence-electron chi connectivity index (χ2n) is 6.97. The van der Waals surface area contributed by atoms with Gasteiger partial charge in [0.05, 0.1) is 18.2 Å². The quantitative estimate of drug-likeness (QED) is 0.739. The third kappa shape index (κ3) is 3.95. The van der Waals surface area contributed by atoms with Crippen molar-refractivity contribution in [1.82, 2.24) is 9.80 Å². The largest absolute Gasteiger partial charge is 0.300 e. The maximum atomic E-state index is 13.1. The van der Waals surface area contributed by atoms with Gasteiger partial charge in [0.1, 0.15) is 5.82 Å². The second-order valence-corrected chi connectivity index (χ2v) is 8.00. The predicted molar refractivity (Wildman–Crippen MR) is 103 cm³/mol. The van der Waals surface area contributed by atoms with E-state index in [1.165, 1.54) is 34.0 Å². The van der Waals surface area contributed by atoms with Gasteiger partial charge in [0.15, 0.2) is 0 Å². The maximum Gasteiger partial charge on any atom is 0.251 e. The molecule has 1 aromatic carbocycles. The van der Waals surface area contributed by atoms with Crippen molar-refractivity contribution < 1.29 is 14.0 Å². The van der Waals surface area contributed by atoms with E-state index < -0.39 is 6.04 Å². The van der Waals surface area contributed by atoms with Crippen molar-refractivity contribution in [3.8, 4) is 0 Å². The molecule has 4 rings (SSSR count). The summed E-state index contributed by atoms with van der Waals surface area (Å²) in [6, 6.07) is 9.35. The summed E-state index contributed by atoms with van der Waals surface area (Å²) in [5.41, 5.74) is 0.448. The summed E-state index contributed by atoms with van der Waals surface area (Å²) in [4.78, 5) is 32.3. The molecule has 2 saturated heterocycles. The van der Waals surface area contributed by atoms with Crippen molar-refractivity contribution in [1.29, 1.82) is 0 Å². The van der Waals surface area contributed by atoms with E-state index in [4.69, 9.17) is 0 Å². The number of hydrogen-bond acceptors (Lipinski definition) is 5. The molecule has 2 aliphatic heterocycles. The first-order chi connectivity index (χ1) is 13.1. The van der Waals surface area contributed by atoms with E-state index >= 15 is 0 Å². The Hall–Kier alpha value is -2.09. The molecule has 2 fully saturated rings. The molecule has 0 N–H and O–H groups in total. The average molecular weight is 387 g/mol. The van der Waals surface area contributed by atoms with Gasteiger partial charge in [0, 0.05) is 37.6 Å². The van der Waals surface area contributed by atoms with E-state index in [0.29, 0.717) is 5.69 Å². The Morgan fingerprint density at radius 3 is 2.44 bits per heavy atom. The summed E-state index contributed by atoms with van der Waals surface area (Å²) in [7, 11) is 0. The standard InChI is InChI=1S/C20H22FN3O2S/c21-15-3-5-16(6-4-15)24-19(25)14-18(20(24)26)23-11-9-22(10-12-23)8-7-17-2-1-13-27-17/h1-6,13,18H,7-12,14H2/t18-/m1/s1. The Kier molecular flexibility index (Phi) is 5.33. The minimum atomic E-state index is -0.401. The number of piperazine rings is 1. The van der Waals surface area contributed by atoms with E-state index in [-0.39, 0.29) is 24.1 Å². The summed E-state index contributed by atoms with van der Waals surface area (Å²) in [6.07, 6.45) is 1.25. The van der Waals surface area contributed by atoms with Crippen LogP contribution >= 0.6 is 11.3 Å². The fourth-order valence-electron chi connectivity index (χ4n) is 3.78. The summed E-state index contributed by atoms with van der Waals surface area (Å²) in [6.45, 7) is 4.39. The maximum absolute atomic E-state index is 13.1. The van der Waals surface area contributed by atoms with Gasteiger partial charge in [-0.15, -0.1) is 11.3 Å². The highest BCUT2D eigenvalue weighted by molar-refractivity contribution is 7.09. The summed E-state index contributed by atoms with van der Waals surface area (Å²) in [5, 5.41) is 2.10. The highest BCUT2D eigenvalue weighted by Crippen LogP contribution is 2.26. The van der Waals surface area contributed by atoms with Crippen LogP contribution in [0.3, 0.4) is 0 Å². The first-order valence-corrected chi connectivity index (χ1v) is 10.1. The Labute approximate surface area is 162 Å². The van der Waals surface area contributed by atoms with Crippen molar-refractivity contribution in [2.75, 3.05) is 37.6 Å². The molecule has 0 bridgehead atoms. The number of carbonyl (C=O) groups is 2. The van der Waals surface area contributed by atoms with Crippen LogP contribution in [0.2, 0.25) is 0 Å². The number of hydrogen-bond donors (Lipinski definition) is 0. The molecule has 0 spiro atoms. The average Bonchev–Trinajstić information content (AvgIpc) is 3.30. The van der Waals surface area contributed by atoms with E-state index in [2.05, 4.69) is 27.3 Å². The number of rotatable bonds is 5. The van der Waals surface area contributed by atoms with Crippen molar-refractivity contribution in [2.24, 2.45) is 0 Å². The molecule has 3 heterocycles. The van der Waals surface area contributed by atoms with Crippen molar-refractivity contribution in [2.45, 2.75) is 18.9 Å². The SMILES string of the molecule is O=C1C[C@@H](N2CCN(CCc3cccs3)CC2)C(=O)N1c1ccc(F)cc1. The minimum Gasteiger partial charge on any atom is -0.300 e. The van der Waals surface area contributed by atoms with Crippen LogP contribution in [0.5, 0.6) is 0 Å². The molecule has 2 aromatic rings. The van der Waals surface area contributed by atoms with Crippen LogP contribution in [0.25, 0.3) is 0 Å². The predicted octanol–water partition coefficient (Wildman–Crippen LogP) is 2.38. The van der Waals surface area contributed by atoms with E-state index in [1.807, 2.05) is 0 Å². The number of halogens is 1. The van der Waals surface area contributed by atoms with Crippen LogP contribution in [-0.4, -0.2) is 60.4 Å². The van der Waals surface area contributed by atoms with Crippen LogP contribution < -0.4 is 4.90 Å². The molecule has 1 aromatic heterocycles. The van der Waals surface area contributed by atoms with Crippen molar-refractivity contribution in [3.05, 3.63) is 52.5 Å². The highest BCUT2D eigenvalue weighted by Gasteiger charge is 2.43. The topological polar surface area (TPSA) is 43.9 Å². The fraction of sp³-hybridized carbons (Fsp3) is 0.400. The van der Waals surface area contributed by atoms with E-state index in [9.17, 15) is 14.0 Å². The smallest absolute Gasteiger partial charge is 0.251 e. The molecule has 2 amide bonds. The molecule has 0 saturated carbocycles. The number of thiophene rings is 1. The summed E-state index contributed by atoms with van der Waals surface area (Å²) < 4.78 is 13.1. The van der Waals surface area contributed by atoms with Crippen LogP contribution in [-0.2, 0) is 16.0 Å². The summed E-state index contributed by atoms with van der Waals surface area (Å²) >= 11 is 1.78. The molecule has 142 valence electrons. The number of anilines is 1. The van der Waals surface area contributed by atoms with Gasteiger partial charge in [-0.1, -0.05) is 6.07 Å². The van der Waals surface area contributed by atoms with Gasteiger partial charge in [-0.25, -0.2) is 9.29 Å². The number of carbonyl (C=O) groups excluding carboxylic acids is 2. The zero-order chi connectivity index (χ0) is 18.8. The Morgan fingerprint density at radius 2 is 1.78 bits per heavy atom. The first kappa shape index (κ1) is 18.3. The molecule has 0 radical (unpaired) electrons. The van der Waals surface area contributed by atoms with Gasteiger partial charge in [-0.2, -0.15) is 0 Å². The van der Waals surface area contributed by atoms with Gasteiger partial charge in [-0.05, 0) is 42.1 Å².